The lowest BCUT2D eigenvalue weighted by Crippen LogP contribution is -1.70. The van der Waals surface area contributed by atoms with Crippen LogP contribution in [-0.4, -0.2) is 12.8 Å². The number of nitrogens with zero attached hydrogens (tertiary/aromatic N) is 1. The van der Waals surface area contributed by atoms with Crippen LogP contribution >= 0.6 is 0 Å². The maximum absolute atomic E-state index is 4.01. The molecule has 0 N–H and O–H groups in total. The van der Waals surface area contributed by atoms with E-state index in [0.717, 1.165) is 6.54 Å². The summed E-state index contributed by atoms with van der Waals surface area (Å²) in [6.45, 7) is 11.0. The SMILES string of the molecule is CC.CCN=CC=C(C)C. The Bertz CT molecular complexity index is 97.3. The first kappa shape index (κ1) is 12.1. The van der Waals surface area contributed by atoms with E-state index in [9.17, 15) is 0 Å². The smallest absolute Gasteiger partial charge is 0.0360 e. The lowest BCUT2D eigenvalue weighted by molar-refractivity contribution is 1.14. The van der Waals surface area contributed by atoms with Crippen molar-refractivity contribution in [2.24, 2.45) is 4.99 Å². The van der Waals surface area contributed by atoms with E-state index in [2.05, 4.69) is 18.8 Å². The fourth-order valence-electron chi connectivity index (χ4n) is 0.307. The summed E-state index contributed by atoms with van der Waals surface area (Å²) in [7, 11) is 0. The summed E-state index contributed by atoms with van der Waals surface area (Å²) in [6, 6.07) is 0. The number of allylic oxidation sites excluding steroid dienone is 2. The van der Waals surface area contributed by atoms with Crippen molar-refractivity contribution in [2.45, 2.75) is 34.6 Å². The summed E-state index contributed by atoms with van der Waals surface area (Å²) in [5.74, 6) is 0. The lowest BCUT2D eigenvalue weighted by atomic mass is 10.3. The molecular formula is C9H19N. The lowest BCUT2D eigenvalue weighted by Gasteiger charge is -1.80. The minimum absolute atomic E-state index is 0.879. The van der Waals surface area contributed by atoms with Crippen LogP contribution < -0.4 is 0 Å². The Morgan fingerprint density at radius 2 is 1.80 bits per heavy atom. The topological polar surface area (TPSA) is 12.4 Å². The highest BCUT2D eigenvalue weighted by Gasteiger charge is 1.68. The first-order valence-corrected chi connectivity index (χ1v) is 3.90. The Morgan fingerprint density at radius 3 is 2.10 bits per heavy atom. The number of hydrogen-bond donors (Lipinski definition) is 0. The van der Waals surface area contributed by atoms with Crippen LogP contribution in [0.3, 0.4) is 0 Å². The highest BCUT2D eigenvalue weighted by atomic mass is 14.7. The van der Waals surface area contributed by atoms with Gasteiger partial charge in [0, 0.05) is 12.8 Å². The molecule has 60 valence electrons. The summed E-state index contributed by atoms with van der Waals surface area (Å²) in [5.41, 5.74) is 1.29. The maximum atomic E-state index is 4.01. The van der Waals surface area contributed by atoms with Crippen molar-refractivity contribution < 1.29 is 0 Å². The number of hydrogen-bond acceptors (Lipinski definition) is 1. The van der Waals surface area contributed by atoms with Gasteiger partial charge in [0.05, 0.1) is 0 Å². The zero-order chi connectivity index (χ0) is 8.41. The molecule has 1 heteroatoms. The van der Waals surface area contributed by atoms with Crippen LogP contribution in [0, 0.1) is 0 Å². The second kappa shape index (κ2) is 11.2. The Morgan fingerprint density at radius 1 is 1.30 bits per heavy atom. The van der Waals surface area contributed by atoms with Gasteiger partial charge < -0.3 is 0 Å². The number of aliphatic imine (C=N–C) groups is 1. The molecule has 0 atom stereocenters. The molecule has 0 heterocycles. The molecule has 0 fully saturated rings. The molecule has 0 aliphatic heterocycles. The average Bonchev–Trinajstić information content (AvgIpc) is 1.92. The first-order chi connectivity index (χ1) is 4.77. The Hall–Kier alpha value is -0.590. The second-order valence-electron chi connectivity index (χ2n) is 1.89. The molecule has 10 heavy (non-hydrogen) atoms. The van der Waals surface area contributed by atoms with Gasteiger partial charge in [-0.15, -0.1) is 0 Å². The van der Waals surface area contributed by atoms with Crippen molar-refractivity contribution >= 4 is 6.21 Å². The van der Waals surface area contributed by atoms with Crippen molar-refractivity contribution in [1.82, 2.24) is 0 Å². The molecular weight excluding hydrogens is 122 g/mol. The maximum Gasteiger partial charge on any atom is 0.0360 e. The predicted octanol–water partition coefficient (Wildman–Crippen LogP) is 3.07. The summed E-state index contributed by atoms with van der Waals surface area (Å²) in [6.07, 6.45) is 3.85. The van der Waals surface area contributed by atoms with Crippen LogP contribution in [0.2, 0.25) is 0 Å². The molecule has 0 radical (unpaired) electrons. The number of rotatable bonds is 2. The van der Waals surface area contributed by atoms with Crippen LogP contribution in [-0.2, 0) is 0 Å². The van der Waals surface area contributed by atoms with Crippen LogP contribution in [0.25, 0.3) is 0 Å². The quantitative estimate of drug-likeness (QED) is 0.524. The van der Waals surface area contributed by atoms with Gasteiger partial charge in [0.15, 0.2) is 0 Å². The molecule has 0 saturated heterocycles. The standard InChI is InChI=1S/C7H13N.C2H6/c1-4-8-6-5-7(2)3;1-2/h5-6H,4H2,1-3H3;1-2H3. The summed E-state index contributed by atoms with van der Waals surface area (Å²) in [4.78, 5) is 4.01. The van der Waals surface area contributed by atoms with Gasteiger partial charge in [0.1, 0.15) is 0 Å². The molecule has 1 nitrogen and oxygen atoms in total. The van der Waals surface area contributed by atoms with Gasteiger partial charge in [0.2, 0.25) is 0 Å². The third-order valence-electron chi connectivity index (χ3n) is 0.696. The van der Waals surface area contributed by atoms with Crippen molar-refractivity contribution in [3.8, 4) is 0 Å². The molecule has 0 aliphatic carbocycles. The van der Waals surface area contributed by atoms with Gasteiger partial charge in [0.25, 0.3) is 0 Å². The summed E-state index contributed by atoms with van der Waals surface area (Å²) < 4.78 is 0. The van der Waals surface area contributed by atoms with Crippen molar-refractivity contribution in [1.29, 1.82) is 0 Å². The minimum Gasteiger partial charge on any atom is -0.293 e. The van der Waals surface area contributed by atoms with Crippen molar-refractivity contribution in [3.63, 3.8) is 0 Å². The molecule has 0 aromatic rings. The van der Waals surface area contributed by atoms with Crippen molar-refractivity contribution in [3.05, 3.63) is 11.6 Å². The largest absolute Gasteiger partial charge is 0.293 e. The first-order valence-electron chi connectivity index (χ1n) is 3.90. The highest BCUT2D eigenvalue weighted by molar-refractivity contribution is 5.71. The van der Waals surface area contributed by atoms with Gasteiger partial charge in [-0.25, -0.2) is 0 Å². The minimum atomic E-state index is 0.879. The fourth-order valence-corrected chi connectivity index (χ4v) is 0.307. The van der Waals surface area contributed by atoms with E-state index in [1.54, 1.807) is 0 Å². The van der Waals surface area contributed by atoms with Gasteiger partial charge in [-0.05, 0) is 26.8 Å². The molecule has 0 saturated carbocycles. The average molecular weight is 141 g/mol. The Labute approximate surface area is 64.9 Å². The highest BCUT2D eigenvalue weighted by Crippen LogP contribution is 1.83. The third-order valence-corrected chi connectivity index (χ3v) is 0.696. The van der Waals surface area contributed by atoms with Crippen molar-refractivity contribution in [2.75, 3.05) is 6.54 Å². The van der Waals surface area contributed by atoms with E-state index < -0.39 is 0 Å². The zero-order valence-corrected chi connectivity index (χ0v) is 7.81. The van der Waals surface area contributed by atoms with E-state index >= 15 is 0 Å². The van der Waals surface area contributed by atoms with Gasteiger partial charge in [-0.1, -0.05) is 19.4 Å². The second-order valence-corrected chi connectivity index (χ2v) is 1.89. The molecule has 0 unspecified atom stereocenters. The molecule has 0 aliphatic rings. The van der Waals surface area contributed by atoms with E-state index in [1.807, 2.05) is 33.1 Å². The predicted molar refractivity (Wildman–Crippen MR) is 49.8 cm³/mol. The molecule has 0 bridgehead atoms. The molecule has 0 spiro atoms. The zero-order valence-electron chi connectivity index (χ0n) is 7.81. The van der Waals surface area contributed by atoms with Crippen LogP contribution in [0.1, 0.15) is 34.6 Å². The van der Waals surface area contributed by atoms with E-state index in [0.29, 0.717) is 0 Å². The Balaban J connectivity index is 0. The third kappa shape index (κ3) is 15.7. The molecule has 0 rings (SSSR count). The fraction of sp³-hybridized carbons (Fsp3) is 0.667. The van der Waals surface area contributed by atoms with E-state index in [4.69, 9.17) is 0 Å². The molecule has 0 aromatic heterocycles. The van der Waals surface area contributed by atoms with Gasteiger partial charge >= 0.3 is 0 Å². The molecule has 0 amide bonds. The van der Waals surface area contributed by atoms with Crippen LogP contribution in [0.4, 0.5) is 0 Å². The molecule has 0 aromatic carbocycles. The normalized spacial score (nSPS) is 8.50. The van der Waals surface area contributed by atoms with Crippen LogP contribution in [0.15, 0.2) is 16.6 Å². The summed E-state index contributed by atoms with van der Waals surface area (Å²) in [5, 5.41) is 0. The Kier molecular flexibility index (Phi) is 13.6. The van der Waals surface area contributed by atoms with Gasteiger partial charge in [-0.2, -0.15) is 0 Å². The van der Waals surface area contributed by atoms with Gasteiger partial charge in [-0.3, -0.25) is 4.99 Å². The monoisotopic (exact) mass is 141 g/mol. The van der Waals surface area contributed by atoms with E-state index in [1.165, 1.54) is 5.57 Å². The summed E-state index contributed by atoms with van der Waals surface area (Å²) >= 11 is 0. The van der Waals surface area contributed by atoms with Crippen LogP contribution in [0.5, 0.6) is 0 Å². The van der Waals surface area contributed by atoms with E-state index in [-0.39, 0.29) is 0 Å².